The average Bonchev–Trinajstić information content (AvgIpc) is 3.49. The van der Waals surface area contributed by atoms with Crippen LogP contribution < -0.4 is 10.6 Å². The molecule has 0 saturated carbocycles. The summed E-state index contributed by atoms with van der Waals surface area (Å²) in [6.07, 6.45) is 0. The van der Waals surface area contributed by atoms with E-state index in [1.54, 1.807) is 35.7 Å². The summed E-state index contributed by atoms with van der Waals surface area (Å²) in [7, 11) is 0. The Morgan fingerprint density at radius 3 is 2.23 bits per heavy atom. The second kappa shape index (κ2) is 13.1. The first kappa shape index (κ1) is 29.1. The van der Waals surface area contributed by atoms with E-state index in [-0.39, 0.29) is 22.8 Å². The van der Waals surface area contributed by atoms with E-state index in [1.165, 1.54) is 59.5 Å². The topological polar surface area (TPSA) is 157 Å². The van der Waals surface area contributed by atoms with Crippen molar-refractivity contribution in [2.45, 2.75) is 10.1 Å². The number of hydrogen-bond acceptors (Lipinski definition) is 9. The summed E-state index contributed by atoms with van der Waals surface area (Å²) >= 11 is 2.49. The highest BCUT2D eigenvalue weighted by Gasteiger charge is 2.24. The van der Waals surface area contributed by atoms with Gasteiger partial charge in [0.1, 0.15) is 5.25 Å². The van der Waals surface area contributed by atoms with Crippen LogP contribution in [0.15, 0.2) is 113 Å². The lowest BCUT2D eigenvalue weighted by Crippen LogP contribution is -2.19. The fraction of sp³-hybridized carbons (Fsp3) is 0.0333. The van der Waals surface area contributed by atoms with Crippen LogP contribution in [0.4, 0.5) is 22.2 Å². The number of aromatic nitrogens is 1. The molecule has 0 aliphatic heterocycles. The van der Waals surface area contributed by atoms with Crippen molar-refractivity contribution < 1.29 is 19.4 Å². The van der Waals surface area contributed by atoms with Gasteiger partial charge in [-0.2, -0.15) is 0 Å². The highest BCUT2D eigenvalue weighted by Crippen LogP contribution is 2.38. The van der Waals surface area contributed by atoms with E-state index in [9.17, 15) is 29.8 Å². The Bertz CT molecular complexity index is 1810. The van der Waals surface area contributed by atoms with Crippen molar-refractivity contribution in [2.75, 3.05) is 10.6 Å². The van der Waals surface area contributed by atoms with Crippen LogP contribution in [0, 0.1) is 20.2 Å². The minimum absolute atomic E-state index is 0.0530. The maximum atomic E-state index is 13.6. The molecule has 43 heavy (non-hydrogen) atoms. The predicted molar refractivity (Wildman–Crippen MR) is 165 cm³/mol. The molecule has 0 aliphatic rings. The number of nitrogens with zero attached hydrogens (tertiary/aromatic N) is 3. The summed E-state index contributed by atoms with van der Waals surface area (Å²) in [5, 5.41) is 29.1. The van der Waals surface area contributed by atoms with E-state index in [0.717, 1.165) is 5.56 Å². The number of nitro benzene ring substituents is 2. The Labute approximate surface area is 252 Å². The molecule has 5 rings (SSSR count). The summed E-state index contributed by atoms with van der Waals surface area (Å²) in [5.74, 6) is -0.755. The number of rotatable bonds is 10. The van der Waals surface area contributed by atoms with Crippen molar-refractivity contribution in [3.8, 4) is 11.3 Å². The Kier molecular flexibility index (Phi) is 8.84. The van der Waals surface area contributed by atoms with Gasteiger partial charge in [0.2, 0.25) is 5.91 Å². The molecule has 1 heterocycles. The molecule has 0 fully saturated rings. The highest BCUT2D eigenvalue weighted by molar-refractivity contribution is 8.00. The number of anilines is 2. The molecule has 214 valence electrons. The number of carbonyl (C=O) groups excluding carboxylic acids is 2. The number of benzene rings is 4. The normalized spacial score (nSPS) is 11.3. The van der Waals surface area contributed by atoms with E-state index >= 15 is 0 Å². The molecule has 2 amide bonds. The lowest BCUT2D eigenvalue weighted by atomic mass is 10.1. The van der Waals surface area contributed by atoms with Crippen molar-refractivity contribution in [3.63, 3.8) is 0 Å². The number of carbonyl (C=O) groups is 2. The Hall–Kier alpha value is -5.40. The van der Waals surface area contributed by atoms with Crippen molar-refractivity contribution in [1.82, 2.24) is 4.98 Å². The largest absolute Gasteiger partial charge is 0.322 e. The van der Waals surface area contributed by atoms with Crippen LogP contribution in [0.3, 0.4) is 0 Å². The highest BCUT2D eigenvalue weighted by atomic mass is 32.2. The maximum Gasteiger partial charge on any atom is 0.270 e. The lowest BCUT2D eigenvalue weighted by molar-refractivity contribution is -0.385. The smallest absolute Gasteiger partial charge is 0.270 e. The van der Waals surface area contributed by atoms with Crippen molar-refractivity contribution >= 4 is 57.1 Å². The van der Waals surface area contributed by atoms with Gasteiger partial charge in [-0.3, -0.25) is 29.8 Å². The molecule has 2 N–H and O–H groups in total. The van der Waals surface area contributed by atoms with Gasteiger partial charge in [0.25, 0.3) is 17.3 Å². The van der Waals surface area contributed by atoms with E-state index < -0.39 is 21.0 Å². The summed E-state index contributed by atoms with van der Waals surface area (Å²) in [6.45, 7) is 0. The summed E-state index contributed by atoms with van der Waals surface area (Å²) < 4.78 is 0. The van der Waals surface area contributed by atoms with Crippen LogP contribution in [0.5, 0.6) is 0 Å². The van der Waals surface area contributed by atoms with Gasteiger partial charge in [-0.25, -0.2) is 4.98 Å². The number of hydrogen-bond donors (Lipinski definition) is 2. The van der Waals surface area contributed by atoms with Gasteiger partial charge < -0.3 is 10.6 Å². The Morgan fingerprint density at radius 2 is 1.51 bits per heavy atom. The molecule has 5 aromatic rings. The van der Waals surface area contributed by atoms with E-state index in [1.807, 2.05) is 36.4 Å². The minimum Gasteiger partial charge on any atom is -0.322 e. The quantitative estimate of drug-likeness (QED) is 0.0942. The number of non-ortho nitro benzene ring substituents is 2. The molecule has 0 spiro atoms. The first-order chi connectivity index (χ1) is 20.8. The second-order valence-electron chi connectivity index (χ2n) is 9.03. The molecular formula is C30H21N5O6S2. The monoisotopic (exact) mass is 611 g/mol. The van der Waals surface area contributed by atoms with Crippen LogP contribution >= 0.6 is 23.1 Å². The summed E-state index contributed by atoms with van der Waals surface area (Å²) in [5.41, 5.74) is 2.40. The molecule has 1 aromatic heterocycles. The molecule has 1 unspecified atom stereocenters. The molecule has 0 bridgehead atoms. The summed E-state index contributed by atoms with van der Waals surface area (Å²) in [4.78, 5) is 52.5. The van der Waals surface area contributed by atoms with Crippen LogP contribution in [0.2, 0.25) is 0 Å². The third-order valence-corrected chi connectivity index (χ3v) is 8.12. The van der Waals surface area contributed by atoms with Crippen LogP contribution in [-0.4, -0.2) is 26.6 Å². The van der Waals surface area contributed by atoms with Gasteiger partial charge >= 0.3 is 0 Å². The van der Waals surface area contributed by atoms with Gasteiger partial charge in [0, 0.05) is 51.4 Å². The van der Waals surface area contributed by atoms with Gasteiger partial charge in [-0.05, 0) is 35.9 Å². The third kappa shape index (κ3) is 7.28. The molecule has 1 atom stereocenters. The van der Waals surface area contributed by atoms with Crippen LogP contribution in [0.1, 0.15) is 21.2 Å². The van der Waals surface area contributed by atoms with Crippen LogP contribution in [-0.2, 0) is 4.79 Å². The zero-order valence-corrected chi connectivity index (χ0v) is 23.7. The number of nitro groups is 2. The van der Waals surface area contributed by atoms with Crippen LogP contribution in [0.25, 0.3) is 11.3 Å². The van der Waals surface area contributed by atoms with Gasteiger partial charge in [0.15, 0.2) is 5.13 Å². The standard InChI is InChI=1S/C30H21N5O6S2/c36-28(20-12-14-23(15-13-20)34(38)39)31-22-9-5-11-25(17-22)43-27(19-6-2-1-3-7-19)29(37)33-30-32-26(18-42-30)21-8-4-10-24(16-21)35(40)41/h1-18,27H,(H,31,36)(H,32,33,37). The zero-order chi connectivity index (χ0) is 30.3. The van der Waals surface area contributed by atoms with E-state index in [4.69, 9.17) is 0 Å². The summed E-state index contributed by atoms with van der Waals surface area (Å²) in [6, 6.07) is 27.6. The maximum absolute atomic E-state index is 13.6. The van der Waals surface area contributed by atoms with Crippen molar-refractivity contribution in [1.29, 1.82) is 0 Å². The SMILES string of the molecule is O=C(Nc1cccc(SC(C(=O)Nc2nc(-c3cccc([N+](=O)[O-])c3)cs2)c2ccccc2)c1)c1ccc([N+](=O)[O-])cc1. The second-order valence-corrected chi connectivity index (χ2v) is 11.1. The van der Waals surface area contributed by atoms with Gasteiger partial charge in [-0.15, -0.1) is 23.1 Å². The molecule has 0 saturated heterocycles. The molecule has 11 nitrogen and oxygen atoms in total. The first-order valence-electron chi connectivity index (χ1n) is 12.7. The van der Waals surface area contributed by atoms with E-state index in [0.29, 0.717) is 27.0 Å². The number of amides is 2. The molecule has 13 heteroatoms. The molecule has 0 radical (unpaired) electrons. The minimum atomic E-state index is -0.674. The Balaban J connectivity index is 1.32. The van der Waals surface area contributed by atoms with Gasteiger partial charge in [0.05, 0.1) is 15.5 Å². The zero-order valence-electron chi connectivity index (χ0n) is 22.1. The fourth-order valence-electron chi connectivity index (χ4n) is 4.04. The number of thioether (sulfide) groups is 1. The fourth-order valence-corrected chi connectivity index (χ4v) is 5.84. The van der Waals surface area contributed by atoms with Crippen molar-refractivity contribution in [2.24, 2.45) is 0 Å². The Morgan fingerprint density at radius 1 is 0.791 bits per heavy atom. The average molecular weight is 612 g/mol. The van der Waals surface area contributed by atoms with Gasteiger partial charge in [-0.1, -0.05) is 48.5 Å². The van der Waals surface area contributed by atoms with E-state index in [2.05, 4.69) is 15.6 Å². The van der Waals surface area contributed by atoms with Crippen molar-refractivity contribution in [3.05, 3.63) is 140 Å². The first-order valence-corrected chi connectivity index (χ1v) is 14.4. The molecular weight excluding hydrogens is 590 g/mol. The molecule has 4 aromatic carbocycles. The lowest BCUT2D eigenvalue weighted by Gasteiger charge is -2.17. The number of thiazole rings is 1. The number of nitrogens with one attached hydrogen (secondary N) is 2. The molecule has 0 aliphatic carbocycles. The third-order valence-electron chi connectivity index (χ3n) is 6.11. The predicted octanol–water partition coefficient (Wildman–Crippen LogP) is 7.35.